The maximum absolute atomic E-state index is 14.9. The molecule has 2 amide bonds. The van der Waals surface area contributed by atoms with Crippen molar-refractivity contribution in [1.29, 1.82) is 0 Å². The average Bonchev–Trinajstić information content (AvgIpc) is 3.94. The lowest BCUT2D eigenvalue weighted by Gasteiger charge is -2.46. The molecule has 386 valence electrons. The molecule has 0 radical (unpaired) electrons. The summed E-state index contributed by atoms with van der Waals surface area (Å²) in [6.45, 7) is 9.93. The molecule has 4 fully saturated rings. The van der Waals surface area contributed by atoms with Crippen molar-refractivity contribution in [1.82, 2.24) is 19.6 Å². The first-order valence-corrected chi connectivity index (χ1v) is 25.7. The Hall–Kier alpha value is -6.00. The molecule has 0 aliphatic carbocycles. The van der Waals surface area contributed by atoms with Crippen LogP contribution in [-0.2, 0) is 39.7 Å². The summed E-state index contributed by atoms with van der Waals surface area (Å²) in [5.74, 6) is -5.93. The largest absolute Gasteiger partial charge is 0.444 e. The zero-order valence-corrected chi connectivity index (χ0v) is 41.3. The predicted octanol–water partition coefficient (Wildman–Crippen LogP) is 9.96. The third-order valence-electron chi connectivity index (χ3n) is 15.1. The van der Waals surface area contributed by atoms with Gasteiger partial charge in [0.15, 0.2) is 11.2 Å². The fourth-order valence-electron chi connectivity index (χ4n) is 11.1. The molecule has 12 nitrogen and oxygen atoms in total. The molecule has 8 rings (SSSR count). The van der Waals surface area contributed by atoms with E-state index in [4.69, 9.17) is 18.9 Å². The Bertz CT molecular complexity index is 2180. The lowest BCUT2D eigenvalue weighted by Crippen LogP contribution is -2.50. The summed E-state index contributed by atoms with van der Waals surface area (Å²) in [5, 5.41) is 0. The van der Waals surface area contributed by atoms with Gasteiger partial charge in [-0.15, -0.1) is 0 Å². The van der Waals surface area contributed by atoms with Crippen LogP contribution in [0.5, 0.6) is 0 Å². The molecule has 16 heteroatoms. The number of rotatable bonds is 20. The molecule has 0 N–H and O–H groups in total. The van der Waals surface area contributed by atoms with E-state index >= 15 is 0 Å². The summed E-state index contributed by atoms with van der Waals surface area (Å²) in [6, 6.07) is 21.9. The van der Waals surface area contributed by atoms with Crippen LogP contribution >= 0.6 is 0 Å². The molecular formula is C56H66F4N4O8. The quantitative estimate of drug-likeness (QED) is 0.0367. The Balaban J connectivity index is 1.06. The Morgan fingerprint density at radius 3 is 1.07 bits per heavy atom. The summed E-state index contributed by atoms with van der Waals surface area (Å²) in [5.41, 5.74) is -2.06. The van der Waals surface area contributed by atoms with E-state index in [1.54, 1.807) is 9.80 Å². The first-order valence-electron chi connectivity index (χ1n) is 25.7. The van der Waals surface area contributed by atoms with Gasteiger partial charge >= 0.3 is 24.1 Å². The third-order valence-corrected chi connectivity index (χ3v) is 15.1. The van der Waals surface area contributed by atoms with Gasteiger partial charge in [0, 0.05) is 60.3 Å². The van der Waals surface area contributed by atoms with Crippen LogP contribution in [-0.4, -0.2) is 121 Å². The van der Waals surface area contributed by atoms with Gasteiger partial charge in [-0.05, 0) is 126 Å². The van der Waals surface area contributed by atoms with E-state index in [-0.39, 0.29) is 24.4 Å². The Labute approximate surface area is 419 Å². The van der Waals surface area contributed by atoms with Crippen LogP contribution in [0.25, 0.3) is 0 Å². The Morgan fingerprint density at radius 2 is 0.792 bits per heavy atom. The lowest BCUT2D eigenvalue weighted by atomic mass is 9.71. The van der Waals surface area contributed by atoms with Crippen LogP contribution in [0, 0.1) is 35.1 Å². The number of halogens is 4. The van der Waals surface area contributed by atoms with E-state index in [2.05, 4.69) is 23.6 Å². The highest BCUT2D eigenvalue weighted by Gasteiger charge is 2.52. The molecule has 4 aliphatic heterocycles. The number of hydrogen-bond acceptors (Lipinski definition) is 10. The van der Waals surface area contributed by atoms with Gasteiger partial charge in [0.2, 0.25) is 0 Å². The molecule has 0 saturated carbocycles. The zero-order valence-electron chi connectivity index (χ0n) is 41.3. The molecule has 2 atom stereocenters. The number of hydrogen-bond donors (Lipinski definition) is 0. The number of piperidine rings is 2. The SMILES string of the molecule is CCCCN1CC(CCN2CCC(C(OC(=O)C(=O)OC(c3ccc(F)cc3)(c3ccc(F)cc3)C3CCN(CCC4CN(CCCC)C(=O)O4)CC3)(c3ccc(F)cc3)c3ccc(F)cc3)CC2)OC1=O. The molecule has 4 aliphatic rings. The topological polar surface area (TPSA) is 118 Å². The van der Waals surface area contributed by atoms with Crippen LogP contribution in [0.3, 0.4) is 0 Å². The second-order valence-electron chi connectivity index (χ2n) is 19.7. The van der Waals surface area contributed by atoms with Crippen molar-refractivity contribution in [3.63, 3.8) is 0 Å². The van der Waals surface area contributed by atoms with Gasteiger partial charge < -0.3 is 38.5 Å². The smallest absolute Gasteiger partial charge is 0.418 e. The Morgan fingerprint density at radius 1 is 0.500 bits per heavy atom. The van der Waals surface area contributed by atoms with Crippen LogP contribution in [0.15, 0.2) is 97.1 Å². The third kappa shape index (κ3) is 11.9. The zero-order chi connectivity index (χ0) is 50.8. The van der Waals surface area contributed by atoms with Crippen molar-refractivity contribution in [3.8, 4) is 0 Å². The van der Waals surface area contributed by atoms with Gasteiger partial charge in [-0.2, -0.15) is 0 Å². The minimum Gasteiger partial charge on any atom is -0.444 e. The monoisotopic (exact) mass is 998 g/mol. The van der Waals surface area contributed by atoms with Gasteiger partial charge in [0.25, 0.3) is 0 Å². The molecule has 0 spiro atoms. The number of likely N-dealkylation sites (tertiary alicyclic amines) is 2. The molecule has 2 unspecified atom stereocenters. The predicted molar refractivity (Wildman–Crippen MR) is 260 cm³/mol. The van der Waals surface area contributed by atoms with Crippen LogP contribution < -0.4 is 0 Å². The van der Waals surface area contributed by atoms with Crippen LogP contribution in [0.1, 0.15) is 100 Å². The fourth-order valence-corrected chi connectivity index (χ4v) is 11.1. The number of benzene rings is 4. The van der Waals surface area contributed by atoms with Gasteiger partial charge in [0.05, 0.1) is 13.1 Å². The summed E-state index contributed by atoms with van der Waals surface area (Å²) >= 11 is 0. The highest BCUT2D eigenvalue weighted by atomic mass is 19.1. The normalized spacial score (nSPS) is 19.6. The van der Waals surface area contributed by atoms with Crippen molar-refractivity contribution < 1.29 is 55.7 Å². The molecule has 4 heterocycles. The molecule has 72 heavy (non-hydrogen) atoms. The number of carbonyl (C=O) groups excluding carboxylic acids is 4. The first kappa shape index (κ1) is 52.3. The highest BCUT2D eigenvalue weighted by molar-refractivity contribution is 6.30. The summed E-state index contributed by atoms with van der Waals surface area (Å²) < 4.78 is 83.5. The van der Waals surface area contributed by atoms with Gasteiger partial charge in [-0.1, -0.05) is 75.2 Å². The molecule has 4 aromatic rings. The lowest BCUT2D eigenvalue weighted by molar-refractivity contribution is -0.191. The van der Waals surface area contributed by atoms with E-state index in [0.29, 0.717) is 126 Å². The average molecular weight is 999 g/mol. The number of carbonyl (C=O) groups is 4. The maximum atomic E-state index is 14.9. The van der Waals surface area contributed by atoms with Crippen LogP contribution in [0.2, 0.25) is 0 Å². The molecule has 4 saturated heterocycles. The fraction of sp³-hybridized carbons (Fsp3) is 0.500. The molecular weight excluding hydrogens is 933 g/mol. The summed E-state index contributed by atoms with van der Waals surface area (Å²) in [7, 11) is 0. The van der Waals surface area contributed by atoms with Gasteiger partial charge in [-0.25, -0.2) is 36.7 Å². The number of unbranched alkanes of at least 4 members (excludes halogenated alkanes) is 2. The van der Waals surface area contributed by atoms with E-state index in [1.807, 2.05) is 0 Å². The van der Waals surface area contributed by atoms with Crippen molar-refractivity contribution in [2.75, 3.05) is 65.4 Å². The van der Waals surface area contributed by atoms with Crippen LogP contribution in [0.4, 0.5) is 27.2 Å². The van der Waals surface area contributed by atoms with E-state index in [1.165, 1.54) is 97.1 Å². The summed E-state index contributed by atoms with van der Waals surface area (Å²) in [4.78, 5) is 62.9. The Kier molecular flexibility index (Phi) is 17.2. The second-order valence-corrected chi connectivity index (χ2v) is 19.7. The second kappa shape index (κ2) is 23.7. The standard InChI is InChI=1S/C56H66F4N4O8/c1-3-5-29-63-37-49(69-53(63)67)27-35-61-31-23-43(24-32-61)55(39-7-15-45(57)16-8-39,40-9-17-46(58)18-10-40)71-51(65)52(66)72-56(41-11-19-47(59)20-12-41,42-13-21-48(60)22-14-42)44-25-33-62(34-26-44)36-28-50-38-64(30-6-4-2)54(68)70-50/h7-22,43-44,49-50H,3-6,23-38H2,1-2H3. The van der Waals surface area contributed by atoms with Crippen molar-refractivity contribution in [2.45, 2.75) is 101 Å². The van der Waals surface area contributed by atoms with E-state index < -0.39 is 58.2 Å². The maximum Gasteiger partial charge on any atom is 0.418 e. The number of cyclic esters (lactones) is 2. The van der Waals surface area contributed by atoms with Gasteiger partial charge in [0.1, 0.15) is 35.5 Å². The highest BCUT2D eigenvalue weighted by Crippen LogP contribution is 2.48. The number of ether oxygens (including phenoxy) is 4. The number of amides is 2. The summed E-state index contributed by atoms with van der Waals surface area (Å²) in [6.07, 6.45) is 5.65. The van der Waals surface area contributed by atoms with E-state index in [9.17, 15) is 36.7 Å². The van der Waals surface area contributed by atoms with Crippen molar-refractivity contribution in [3.05, 3.63) is 143 Å². The molecule has 0 aromatic heterocycles. The van der Waals surface area contributed by atoms with Crippen molar-refractivity contribution in [2.24, 2.45) is 11.8 Å². The molecule has 4 aromatic carbocycles. The minimum absolute atomic E-state index is 0.243. The number of esters is 2. The molecule has 0 bridgehead atoms. The van der Waals surface area contributed by atoms with Crippen molar-refractivity contribution >= 4 is 24.1 Å². The van der Waals surface area contributed by atoms with Gasteiger partial charge in [-0.3, -0.25) is 0 Å². The number of nitrogens with zero attached hydrogens (tertiary/aromatic N) is 4. The van der Waals surface area contributed by atoms with E-state index in [0.717, 1.165) is 25.7 Å². The first-order chi connectivity index (χ1) is 34.8. The minimum atomic E-state index is -1.75.